The van der Waals surface area contributed by atoms with Gasteiger partial charge in [0.25, 0.3) is 0 Å². The molecule has 6 heteroatoms. The number of aliphatic hydroxyl groups is 1. The highest BCUT2D eigenvalue weighted by molar-refractivity contribution is 5.23. The van der Waals surface area contributed by atoms with Crippen molar-refractivity contribution in [1.29, 1.82) is 0 Å². The van der Waals surface area contributed by atoms with Gasteiger partial charge in [0.1, 0.15) is 11.8 Å². The molecule has 0 aliphatic rings. The van der Waals surface area contributed by atoms with Crippen LogP contribution in [0.15, 0.2) is 12.1 Å². The normalized spacial score (nSPS) is 14.5. The summed E-state index contributed by atoms with van der Waals surface area (Å²) in [5, 5.41) is 12.9. The number of halogens is 3. The summed E-state index contributed by atoms with van der Waals surface area (Å²) >= 11 is 0. The summed E-state index contributed by atoms with van der Waals surface area (Å²) in [4.78, 5) is 3.49. The molecular weight excluding hydrogens is 257 g/mol. The van der Waals surface area contributed by atoms with E-state index in [1.807, 2.05) is 20.8 Å². The zero-order valence-electron chi connectivity index (χ0n) is 11.5. The van der Waals surface area contributed by atoms with E-state index in [1.54, 1.807) is 6.92 Å². The first-order valence-corrected chi connectivity index (χ1v) is 5.98. The van der Waals surface area contributed by atoms with Crippen molar-refractivity contribution in [3.63, 3.8) is 0 Å². The third-order valence-corrected chi connectivity index (χ3v) is 2.45. The summed E-state index contributed by atoms with van der Waals surface area (Å²) in [6.45, 7) is 7.42. The summed E-state index contributed by atoms with van der Waals surface area (Å²) in [7, 11) is 0. The molecule has 0 aliphatic carbocycles. The average molecular weight is 276 g/mol. The van der Waals surface area contributed by atoms with Crippen LogP contribution in [0.5, 0.6) is 0 Å². The lowest BCUT2D eigenvalue weighted by Crippen LogP contribution is -2.38. The number of pyridine rings is 1. The van der Waals surface area contributed by atoms with Crippen molar-refractivity contribution < 1.29 is 18.3 Å². The van der Waals surface area contributed by atoms with Gasteiger partial charge in [-0.2, -0.15) is 13.2 Å². The molecular formula is C13H19F3N2O. The van der Waals surface area contributed by atoms with Gasteiger partial charge in [0.05, 0.1) is 5.69 Å². The van der Waals surface area contributed by atoms with Crippen molar-refractivity contribution in [3.05, 3.63) is 29.1 Å². The van der Waals surface area contributed by atoms with Crippen LogP contribution >= 0.6 is 0 Å². The molecule has 0 saturated carbocycles. The minimum atomic E-state index is -4.50. The second kappa shape index (κ2) is 5.46. The fourth-order valence-corrected chi connectivity index (χ4v) is 1.52. The summed E-state index contributed by atoms with van der Waals surface area (Å²) in [6.07, 6.45) is -5.57. The topological polar surface area (TPSA) is 45.1 Å². The molecule has 1 heterocycles. The number of β-amino-alcohol motifs (C(OH)–C–C–N with tert-alkyl or cyclic N) is 1. The molecule has 1 atom stereocenters. The molecule has 0 aromatic carbocycles. The Morgan fingerprint density at radius 3 is 2.32 bits per heavy atom. The predicted molar refractivity (Wildman–Crippen MR) is 66.7 cm³/mol. The Morgan fingerprint density at radius 2 is 1.84 bits per heavy atom. The minimum absolute atomic E-state index is 0.0316. The van der Waals surface area contributed by atoms with Crippen molar-refractivity contribution in [1.82, 2.24) is 10.3 Å². The van der Waals surface area contributed by atoms with Crippen molar-refractivity contribution in [3.8, 4) is 0 Å². The Labute approximate surface area is 110 Å². The molecule has 0 radical (unpaired) electrons. The molecule has 0 spiro atoms. The molecule has 1 aromatic heterocycles. The molecule has 3 nitrogen and oxygen atoms in total. The maximum absolute atomic E-state index is 12.6. The highest BCUT2D eigenvalue weighted by Crippen LogP contribution is 2.29. The SMILES string of the molecule is Cc1cc(C(O)CNC(C)(C)C)nc(C(F)(F)F)c1. The molecule has 0 saturated heterocycles. The van der Waals surface area contributed by atoms with Gasteiger partial charge in [-0.25, -0.2) is 4.98 Å². The second-order valence-corrected chi connectivity index (χ2v) is 5.60. The number of aromatic nitrogens is 1. The third kappa shape index (κ3) is 5.16. The second-order valence-electron chi connectivity index (χ2n) is 5.60. The summed E-state index contributed by atoms with van der Waals surface area (Å²) in [6, 6.07) is 2.43. The van der Waals surface area contributed by atoms with Gasteiger partial charge in [0.15, 0.2) is 0 Å². The molecule has 0 aliphatic heterocycles. The average Bonchev–Trinajstić information content (AvgIpc) is 2.22. The lowest BCUT2D eigenvalue weighted by Gasteiger charge is -2.23. The van der Waals surface area contributed by atoms with Gasteiger partial charge in [-0.05, 0) is 45.4 Å². The first kappa shape index (κ1) is 15.9. The van der Waals surface area contributed by atoms with E-state index in [4.69, 9.17) is 0 Å². The molecule has 1 rings (SSSR count). The van der Waals surface area contributed by atoms with Gasteiger partial charge in [0.2, 0.25) is 0 Å². The maximum atomic E-state index is 12.6. The maximum Gasteiger partial charge on any atom is 0.433 e. The van der Waals surface area contributed by atoms with Crippen LogP contribution in [0.4, 0.5) is 13.2 Å². The number of alkyl halides is 3. The van der Waals surface area contributed by atoms with Crippen LogP contribution in [-0.4, -0.2) is 22.2 Å². The zero-order chi connectivity index (χ0) is 14.8. The Bertz CT molecular complexity index is 438. The largest absolute Gasteiger partial charge is 0.433 e. The van der Waals surface area contributed by atoms with Crippen LogP contribution in [0.1, 0.15) is 43.8 Å². The van der Waals surface area contributed by atoms with E-state index in [-0.39, 0.29) is 17.8 Å². The van der Waals surface area contributed by atoms with E-state index in [0.717, 1.165) is 6.07 Å². The van der Waals surface area contributed by atoms with E-state index in [9.17, 15) is 18.3 Å². The van der Waals surface area contributed by atoms with Gasteiger partial charge in [-0.1, -0.05) is 0 Å². The van der Waals surface area contributed by atoms with Gasteiger partial charge in [-0.15, -0.1) is 0 Å². The smallest absolute Gasteiger partial charge is 0.385 e. The summed E-state index contributed by atoms with van der Waals surface area (Å²) in [5.74, 6) is 0. The van der Waals surface area contributed by atoms with Gasteiger partial charge in [0, 0.05) is 12.1 Å². The monoisotopic (exact) mass is 276 g/mol. The highest BCUT2D eigenvalue weighted by atomic mass is 19.4. The van der Waals surface area contributed by atoms with Crippen LogP contribution in [0.25, 0.3) is 0 Å². The van der Waals surface area contributed by atoms with E-state index >= 15 is 0 Å². The van der Waals surface area contributed by atoms with E-state index in [0.29, 0.717) is 5.56 Å². The number of hydrogen-bond donors (Lipinski definition) is 2. The fourth-order valence-electron chi connectivity index (χ4n) is 1.52. The van der Waals surface area contributed by atoms with Crippen LogP contribution < -0.4 is 5.32 Å². The quantitative estimate of drug-likeness (QED) is 0.892. The molecule has 2 N–H and O–H groups in total. The summed E-state index contributed by atoms with van der Waals surface area (Å²) < 4.78 is 37.9. The predicted octanol–water partition coefficient (Wildman–Crippen LogP) is 2.83. The zero-order valence-corrected chi connectivity index (χ0v) is 11.5. The first-order valence-electron chi connectivity index (χ1n) is 5.98. The van der Waals surface area contributed by atoms with E-state index in [2.05, 4.69) is 10.3 Å². The van der Waals surface area contributed by atoms with E-state index in [1.165, 1.54) is 6.07 Å². The standard InChI is InChI=1S/C13H19F3N2O/c1-8-5-9(10(19)7-17-12(2,3)4)18-11(6-8)13(14,15)16/h5-6,10,17,19H,7H2,1-4H3. The minimum Gasteiger partial charge on any atom is -0.385 e. The van der Waals surface area contributed by atoms with Crippen LogP contribution in [0, 0.1) is 6.92 Å². The van der Waals surface area contributed by atoms with Crippen molar-refractivity contribution in [2.45, 2.75) is 45.5 Å². The number of hydrogen-bond acceptors (Lipinski definition) is 3. The number of rotatable bonds is 3. The van der Waals surface area contributed by atoms with Crippen molar-refractivity contribution in [2.75, 3.05) is 6.54 Å². The number of aliphatic hydroxyl groups excluding tert-OH is 1. The Morgan fingerprint density at radius 1 is 1.26 bits per heavy atom. The Hall–Kier alpha value is -1.14. The van der Waals surface area contributed by atoms with Crippen molar-refractivity contribution >= 4 is 0 Å². The fraction of sp³-hybridized carbons (Fsp3) is 0.615. The molecule has 1 aromatic rings. The molecule has 0 amide bonds. The van der Waals surface area contributed by atoms with Crippen LogP contribution in [0.3, 0.4) is 0 Å². The van der Waals surface area contributed by atoms with E-state index < -0.39 is 18.0 Å². The van der Waals surface area contributed by atoms with Crippen LogP contribution in [0.2, 0.25) is 0 Å². The number of nitrogens with zero attached hydrogens (tertiary/aromatic N) is 1. The lowest BCUT2D eigenvalue weighted by molar-refractivity contribution is -0.141. The lowest BCUT2D eigenvalue weighted by atomic mass is 10.1. The van der Waals surface area contributed by atoms with Gasteiger partial charge < -0.3 is 10.4 Å². The molecule has 0 fully saturated rings. The Kier molecular flexibility index (Phi) is 4.58. The molecule has 108 valence electrons. The summed E-state index contributed by atoms with van der Waals surface area (Å²) in [5.41, 5.74) is -0.744. The van der Waals surface area contributed by atoms with Gasteiger partial charge in [-0.3, -0.25) is 0 Å². The Balaban J connectivity index is 2.91. The van der Waals surface area contributed by atoms with Crippen LogP contribution in [-0.2, 0) is 6.18 Å². The van der Waals surface area contributed by atoms with Crippen molar-refractivity contribution in [2.24, 2.45) is 0 Å². The molecule has 1 unspecified atom stereocenters. The molecule has 0 bridgehead atoms. The highest BCUT2D eigenvalue weighted by Gasteiger charge is 2.33. The number of aryl methyl sites for hydroxylation is 1. The molecule has 19 heavy (non-hydrogen) atoms. The first-order chi connectivity index (χ1) is 8.49. The van der Waals surface area contributed by atoms with Gasteiger partial charge >= 0.3 is 6.18 Å². The number of nitrogens with one attached hydrogen (secondary N) is 1. The third-order valence-electron chi connectivity index (χ3n) is 2.45.